The summed E-state index contributed by atoms with van der Waals surface area (Å²) in [6, 6.07) is 6.23. The molecule has 0 saturated heterocycles. The maximum Gasteiger partial charge on any atom is 0.127 e. The molecule has 21 heavy (non-hydrogen) atoms. The monoisotopic (exact) mass is 294 g/mol. The molecule has 0 heterocycles. The smallest absolute Gasteiger partial charge is 0.127 e. The number of likely N-dealkylation sites (N-methyl/N-ethyl adjacent to an activating group) is 2. The third-order valence-corrected chi connectivity index (χ3v) is 4.52. The highest BCUT2D eigenvalue weighted by atomic mass is 16.5. The fraction of sp³-hybridized carbons (Fsp3) is 0.647. The molecule has 2 unspecified atom stereocenters. The van der Waals surface area contributed by atoms with Crippen molar-refractivity contribution >= 4 is 0 Å². The van der Waals surface area contributed by atoms with Gasteiger partial charge in [0.05, 0.1) is 20.3 Å². The first kappa shape index (κ1) is 17.8. The van der Waals surface area contributed by atoms with Gasteiger partial charge in [-0.25, -0.2) is 0 Å². The van der Waals surface area contributed by atoms with Crippen molar-refractivity contribution in [1.29, 1.82) is 0 Å². The molecule has 1 aromatic rings. The average Bonchev–Trinajstić information content (AvgIpc) is 2.51. The number of nitrogens with zero attached hydrogens (tertiary/aromatic N) is 1. The van der Waals surface area contributed by atoms with Gasteiger partial charge in [0.15, 0.2) is 0 Å². The quantitative estimate of drug-likeness (QED) is 0.799. The first-order valence-corrected chi connectivity index (χ1v) is 7.57. The van der Waals surface area contributed by atoms with Crippen LogP contribution in [0.1, 0.15) is 38.8 Å². The predicted octanol–water partition coefficient (Wildman–Crippen LogP) is 3.08. The molecule has 0 saturated carbocycles. The lowest BCUT2D eigenvalue weighted by Crippen LogP contribution is -2.51. The second-order valence-electron chi connectivity index (χ2n) is 5.70. The molecule has 4 nitrogen and oxygen atoms in total. The maximum absolute atomic E-state index is 5.60. The van der Waals surface area contributed by atoms with E-state index in [0.29, 0.717) is 0 Å². The van der Waals surface area contributed by atoms with Crippen LogP contribution in [0.2, 0.25) is 0 Å². The number of ether oxygens (including phenoxy) is 2. The fourth-order valence-corrected chi connectivity index (χ4v) is 2.70. The molecule has 0 aromatic heterocycles. The molecule has 120 valence electrons. The summed E-state index contributed by atoms with van der Waals surface area (Å²) in [5.74, 6) is 1.68. The third kappa shape index (κ3) is 3.69. The lowest BCUT2D eigenvalue weighted by molar-refractivity contribution is 0.112. The van der Waals surface area contributed by atoms with Gasteiger partial charge in [0.2, 0.25) is 0 Å². The van der Waals surface area contributed by atoms with Crippen LogP contribution in [-0.4, -0.2) is 45.3 Å². The van der Waals surface area contributed by atoms with Gasteiger partial charge in [0.1, 0.15) is 11.5 Å². The Labute approximate surface area is 129 Å². The van der Waals surface area contributed by atoms with Crippen LogP contribution in [0, 0.1) is 0 Å². The Morgan fingerprint density at radius 2 is 1.86 bits per heavy atom. The zero-order valence-electron chi connectivity index (χ0n) is 14.5. The molecule has 2 atom stereocenters. The third-order valence-electron chi connectivity index (χ3n) is 4.52. The highest BCUT2D eigenvalue weighted by molar-refractivity contribution is 5.43. The van der Waals surface area contributed by atoms with Gasteiger partial charge in [0, 0.05) is 17.2 Å². The molecule has 0 fully saturated rings. The molecular formula is C17H30N2O2. The first-order valence-electron chi connectivity index (χ1n) is 7.57. The average molecular weight is 294 g/mol. The van der Waals surface area contributed by atoms with Crippen LogP contribution in [0.15, 0.2) is 18.2 Å². The molecule has 1 aromatic carbocycles. The van der Waals surface area contributed by atoms with Gasteiger partial charge < -0.3 is 19.7 Å². The van der Waals surface area contributed by atoms with Crippen LogP contribution in [0.25, 0.3) is 0 Å². The maximum atomic E-state index is 5.60. The van der Waals surface area contributed by atoms with E-state index in [2.05, 4.69) is 51.1 Å². The van der Waals surface area contributed by atoms with Crippen molar-refractivity contribution in [1.82, 2.24) is 10.2 Å². The second-order valence-corrected chi connectivity index (χ2v) is 5.70. The highest BCUT2D eigenvalue weighted by Gasteiger charge is 2.36. The van der Waals surface area contributed by atoms with E-state index in [9.17, 15) is 0 Å². The van der Waals surface area contributed by atoms with E-state index in [-0.39, 0.29) is 11.6 Å². The number of nitrogens with one attached hydrogen (secondary N) is 1. The van der Waals surface area contributed by atoms with Gasteiger partial charge in [0.25, 0.3) is 0 Å². The summed E-state index contributed by atoms with van der Waals surface area (Å²) in [5, 5.41) is 3.62. The van der Waals surface area contributed by atoms with E-state index in [1.807, 2.05) is 12.1 Å². The SMILES string of the molecule is CCNC(c1ccc(OC)cc1OC)C(C)(CC)N(C)C. The van der Waals surface area contributed by atoms with Crippen molar-refractivity contribution in [2.24, 2.45) is 0 Å². The fourth-order valence-electron chi connectivity index (χ4n) is 2.70. The number of hydrogen-bond donors (Lipinski definition) is 1. The molecule has 1 N–H and O–H groups in total. The van der Waals surface area contributed by atoms with Crippen LogP contribution < -0.4 is 14.8 Å². The van der Waals surface area contributed by atoms with Crippen LogP contribution in [0.3, 0.4) is 0 Å². The summed E-state index contributed by atoms with van der Waals surface area (Å²) < 4.78 is 10.9. The number of methoxy groups -OCH3 is 2. The molecule has 0 aliphatic rings. The minimum absolute atomic E-state index is 0.00210. The number of rotatable bonds is 8. The lowest BCUT2D eigenvalue weighted by Gasteiger charge is -2.43. The summed E-state index contributed by atoms with van der Waals surface area (Å²) in [5.41, 5.74) is 1.16. The van der Waals surface area contributed by atoms with Gasteiger partial charge >= 0.3 is 0 Å². The van der Waals surface area contributed by atoms with E-state index in [1.54, 1.807) is 14.2 Å². The Bertz CT molecular complexity index is 448. The van der Waals surface area contributed by atoms with E-state index < -0.39 is 0 Å². The van der Waals surface area contributed by atoms with Crippen molar-refractivity contribution in [3.05, 3.63) is 23.8 Å². The summed E-state index contributed by atoms with van der Waals surface area (Å²) >= 11 is 0. The van der Waals surface area contributed by atoms with E-state index in [4.69, 9.17) is 9.47 Å². The molecule has 0 spiro atoms. The summed E-state index contributed by atoms with van der Waals surface area (Å²) in [6.45, 7) is 7.54. The zero-order chi connectivity index (χ0) is 16.0. The molecule has 0 radical (unpaired) electrons. The highest BCUT2D eigenvalue weighted by Crippen LogP contribution is 2.38. The van der Waals surface area contributed by atoms with Crippen molar-refractivity contribution in [3.63, 3.8) is 0 Å². The van der Waals surface area contributed by atoms with Crippen molar-refractivity contribution in [2.75, 3.05) is 34.9 Å². The minimum Gasteiger partial charge on any atom is -0.497 e. The van der Waals surface area contributed by atoms with Gasteiger partial charge in [-0.2, -0.15) is 0 Å². The van der Waals surface area contributed by atoms with E-state index >= 15 is 0 Å². The van der Waals surface area contributed by atoms with Crippen LogP contribution in [-0.2, 0) is 0 Å². The van der Waals surface area contributed by atoms with Gasteiger partial charge in [-0.3, -0.25) is 0 Å². The zero-order valence-corrected chi connectivity index (χ0v) is 14.5. The normalized spacial score (nSPS) is 15.6. The number of hydrogen-bond acceptors (Lipinski definition) is 4. The molecular weight excluding hydrogens is 264 g/mol. The Morgan fingerprint density at radius 1 is 1.19 bits per heavy atom. The van der Waals surface area contributed by atoms with Gasteiger partial charge in [-0.1, -0.05) is 13.8 Å². The van der Waals surface area contributed by atoms with Gasteiger partial charge in [-0.15, -0.1) is 0 Å². The van der Waals surface area contributed by atoms with Gasteiger partial charge in [-0.05, 0) is 46.1 Å². The van der Waals surface area contributed by atoms with Crippen LogP contribution in [0.5, 0.6) is 11.5 Å². The molecule has 0 aliphatic heterocycles. The summed E-state index contributed by atoms with van der Waals surface area (Å²) in [6.07, 6.45) is 1.03. The summed E-state index contributed by atoms with van der Waals surface area (Å²) in [7, 11) is 7.64. The topological polar surface area (TPSA) is 33.7 Å². The van der Waals surface area contributed by atoms with Crippen molar-refractivity contribution in [3.8, 4) is 11.5 Å². The van der Waals surface area contributed by atoms with Crippen LogP contribution >= 0.6 is 0 Å². The standard InChI is InChI=1S/C17H30N2O2/c1-8-17(3,19(4)5)16(18-9-2)14-11-10-13(20-6)12-15(14)21-7/h10-12,16,18H,8-9H2,1-7H3. The molecule has 0 bridgehead atoms. The predicted molar refractivity (Wildman–Crippen MR) is 88.3 cm³/mol. The second kappa shape index (κ2) is 7.66. The molecule has 1 rings (SSSR count). The minimum atomic E-state index is -0.00210. The Balaban J connectivity index is 3.34. The molecule has 4 heteroatoms. The largest absolute Gasteiger partial charge is 0.497 e. The van der Waals surface area contributed by atoms with Crippen molar-refractivity contribution in [2.45, 2.75) is 38.8 Å². The Kier molecular flexibility index (Phi) is 6.49. The summed E-state index contributed by atoms with van der Waals surface area (Å²) in [4.78, 5) is 2.28. The van der Waals surface area contributed by atoms with Crippen molar-refractivity contribution < 1.29 is 9.47 Å². The lowest BCUT2D eigenvalue weighted by atomic mass is 9.83. The Morgan fingerprint density at radius 3 is 2.29 bits per heavy atom. The number of benzene rings is 1. The molecule has 0 aliphatic carbocycles. The molecule has 0 amide bonds. The Hall–Kier alpha value is -1.26. The van der Waals surface area contributed by atoms with E-state index in [0.717, 1.165) is 24.5 Å². The first-order chi connectivity index (χ1) is 9.94. The van der Waals surface area contributed by atoms with E-state index in [1.165, 1.54) is 5.56 Å². The van der Waals surface area contributed by atoms with Crippen LogP contribution in [0.4, 0.5) is 0 Å².